The number of anilines is 1. The van der Waals surface area contributed by atoms with E-state index in [1.165, 1.54) is 13.8 Å². The second kappa shape index (κ2) is 5.92. The Kier molecular flexibility index (Phi) is 4.63. The third-order valence-corrected chi connectivity index (χ3v) is 7.45. The average Bonchev–Trinajstić information content (AvgIpc) is 3.08. The van der Waals surface area contributed by atoms with Gasteiger partial charge in [-0.15, -0.1) is 0 Å². The summed E-state index contributed by atoms with van der Waals surface area (Å²) in [5, 5.41) is 5.97. The molecule has 1 aliphatic carbocycles. The molecule has 0 aromatic carbocycles. The van der Waals surface area contributed by atoms with Gasteiger partial charge in [0.15, 0.2) is 15.7 Å². The second-order valence-corrected chi connectivity index (χ2v) is 10.5. The van der Waals surface area contributed by atoms with E-state index < -0.39 is 25.7 Å². The number of carbonyl (C=O) groups is 1. The average molecular weight is 342 g/mol. The van der Waals surface area contributed by atoms with Gasteiger partial charge in [0.25, 0.3) is 0 Å². The predicted molar refractivity (Wildman–Crippen MR) is 89.1 cm³/mol. The molecule has 1 heterocycles. The first kappa shape index (κ1) is 18.0. The van der Waals surface area contributed by atoms with Gasteiger partial charge in [-0.2, -0.15) is 0 Å². The molecule has 1 amide bonds. The number of aromatic nitrogens is 1. The predicted octanol–water partition coefficient (Wildman–Crippen LogP) is 3.05. The second-order valence-electron chi connectivity index (χ2n) is 7.74. The van der Waals surface area contributed by atoms with E-state index in [-0.39, 0.29) is 11.2 Å². The summed E-state index contributed by atoms with van der Waals surface area (Å²) in [6.45, 7) is 8.82. The summed E-state index contributed by atoms with van der Waals surface area (Å²) in [5.74, 6) is 0.303. The lowest BCUT2D eigenvalue weighted by Crippen LogP contribution is -2.48. The van der Waals surface area contributed by atoms with Crippen LogP contribution in [0.15, 0.2) is 10.6 Å². The molecule has 7 heteroatoms. The van der Waals surface area contributed by atoms with E-state index in [9.17, 15) is 13.2 Å². The molecular weight excluding hydrogens is 316 g/mol. The summed E-state index contributed by atoms with van der Waals surface area (Å²) >= 11 is 0. The van der Waals surface area contributed by atoms with E-state index >= 15 is 0 Å². The summed E-state index contributed by atoms with van der Waals surface area (Å²) in [4.78, 5) is 12.5. The molecule has 0 unspecified atom stereocenters. The standard InChI is InChI=1S/C16H26N2O4S/c1-15(2,3)12-10-13(18-22-12)17-14(19)16(4,5)23(20,21)11-8-6-7-9-11/h10-11H,6-9H2,1-5H3,(H,17,18,19). The fourth-order valence-electron chi connectivity index (χ4n) is 2.70. The van der Waals surface area contributed by atoms with Gasteiger partial charge in [0.2, 0.25) is 5.91 Å². The third kappa shape index (κ3) is 3.44. The first-order chi connectivity index (χ1) is 10.5. The van der Waals surface area contributed by atoms with Crippen molar-refractivity contribution >= 4 is 21.6 Å². The molecule has 6 nitrogen and oxygen atoms in total. The van der Waals surface area contributed by atoms with Crippen LogP contribution in [0.4, 0.5) is 5.82 Å². The Hall–Kier alpha value is -1.37. The van der Waals surface area contributed by atoms with Crippen molar-refractivity contribution in [2.45, 2.75) is 75.7 Å². The van der Waals surface area contributed by atoms with Gasteiger partial charge in [0.05, 0.1) is 5.25 Å². The maximum absolute atomic E-state index is 12.7. The summed E-state index contributed by atoms with van der Waals surface area (Å²) in [6.07, 6.45) is 3.08. The maximum atomic E-state index is 12.7. The van der Waals surface area contributed by atoms with Crippen LogP contribution in [0.2, 0.25) is 0 Å². The highest BCUT2D eigenvalue weighted by Gasteiger charge is 2.47. The van der Waals surface area contributed by atoms with E-state index in [4.69, 9.17) is 4.52 Å². The van der Waals surface area contributed by atoms with Gasteiger partial charge in [-0.1, -0.05) is 38.8 Å². The van der Waals surface area contributed by atoms with Gasteiger partial charge in [-0.05, 0) is 26.7 Å². The molecule has 0 radical (unpaired) electrons. The number of nitrogens with zero attached hydrogens (tertiary/aromatic N) is 1. The molecule has 0 spiro atoms. The number of sulfone groups is 1. The molecule has 130 valence electrons. The van der Waals surface area contributed by atoms with E-state index in [1.54, 1.807) is 6.07 Å². The Morgan fingerprint density at radius 2 is 1.78 bits per heavy atom. The van der Waals surface area contributed by atoms with Crippen molar-refractivity contribution in [3.05, 3.63) is 11.8 Å². The number of hydrogen-bond acceptors (Lipinski definition) is 5. The first-order valence-corrected chi connectivity index (χ1v) is 9.53. The summed E-state index contributed by atoms with van der Waals surface area (Å²) in [6, 6.07) is 1.64. The minimum Gasteiger partial charge on any atom is -0.359 e. The Bertz CT molecular complexity index is 677. The Labute approximate surface area is 137 Å². The molecule has 0 aliphatic heterocycles. The molecule has 0 bridgehead atoms. The van der Waals surface area contributed by atoms with Crippen LogP contribution >= 0.6 is 0 Å². The zero-order valence-electron chi connectivity index (χ0n) is 14.5. The van der Waals surface area contributed by atoms with Crippen LogP contribution in [0, 0.1) is 0 Å². The highest BCUT2D eigenvalue weighted by Crippen LogP contribution is 2.33. The molecular formula is C16H26N2O4S. The molecule has 23 heavy (non-hydrogen) atoms. The molecule has 0 atom stereocenters. The van der Waals surface area contributed by atoms with Crippen molar-refractivity contribution < 1.29 is 17.7 Å². The topological polar surface area (TPSA) is 89.3 Å². The SMILES string of the molecule is CC(C)(C)c1cc(NC(=O)C(C)(C)S(=O)(=O)C2CCCC2)no1. The fourth-order valence-corrected chi connectivity index (χ4v) is 4.80. The van der Waals surface area contributed by atoms with E-state index in [0.29, 0.717) is 18.6 Å². The van der Waals surface area contributed by atoms with E-state index in [0.717, 1.165) is 12.8 Å². The number of nitrogens with one attached hydrogen (secondary N) is 1. The monoisotopic (exact) mass is 342 g/mol. The van der Waals surface area contributed by atoms with Crippen LogP contribution in [0.3, 0.4) is 0 Å². The molecule has 1 aromatic rings. The first-order valence-electron chi connectivity index (χ1n) is 7.98. The number of hydrogen-bond donors (Lipinski definition) is 1. The zero-order valence-corrected chi connectivity index (χ0v) is 15.3. The van der Waals surface area contributed by atoms with Crippen LogP contribution in [-0.4, -0.2) is 29.5 Å². The smallest absolute Gasteiger partial charge is 0.246 e. The number of rotatable bonds is 4. The fraction of sp³-hybridized carbons (Fsp3) is 0.750. The highest BCUT2D eigenvalue weighted by atomic mass is 32.2. The number of amides is 1. The van der Waals surface area contributed by atoms with Crippen LogP contribution < -0.4 is 5.32 Å². The highest BCUT2D eigenvalue weighted by molar-refractivity contribution is 7.94. The molecule has 0 saturated heterocycles. The summed E-state index contributed by atoms with van der Waals surface area (Å²) in [7, 11) is -3.55. The molecule has 1 aromatic heterocycles. The van der Waals surface area contributed by atoms with Gasteiger partial charge in [-0.3, -0.25) is 4.79 Å². The Morgan fingerprint density at radius 1 is 1.22 bits per heavy atom. The van der Waals surface area contributed by atoms with E-state index in [2.05, 4.69) is 10.5 Å². The summed E-state index contributed by atoms with van der Waals surface area (Å²) < 4.78 is 29.2. The van der Waals surface area contributed by atoms with Gasteiger partial charge >= 0.3 is 0 Å². The summed E-state index contributed by atoms with van der Waals surface area (Å²) in [5.41, 5.74) is -0.235. The van der Waals surface area contributed by atoms with Crippen molar-refractivity contribution in [1.29, 1.82) is 0 Å². The third-order valence-electron chi connectivity index (χ3n) is 4.49. The largest absolute Gasteiger partial charge is 0.359 e. The molecule has 1 N–H and O–H groups in total. The van der Waals surface area contributed by atoms with Gasteiger partial charge in [0, 0.05) is 11.5 Å². The Balaban J connectivity index is 2.17. The molecule has 1 fully saturated rings. The van der Waals surface area contributed by atoms with Crippen molar-refractivity contribution in [3.63, 3.8) is 0 Å². The van der Waals surface area contributed by atoms with Crippen molar-refractivity contribution in [1.82, 2.24) is 5.16 Å². The quantitative estimate of drug-likeness (QED) is 0.908. The molecule has 1 saturated carbocycles. The van der Waals surface area contributed by atoms with Gasteiger partial charge in [0.1, 0.15) is 10.5 Å². The van der Waals surface area contributed by atoms with Crippen molar-refractivity contribution in [2.24, 2.45) is 0 Å². The zero-order chi connectivity index (χ0) is 17.5. The van der Waals surface area contributed by atoms with Crippen LogP contribution in [-0.2, 0) is 20.0 Å². The van der Waals surface area contributed by atoms with Gasteiger partial charge < -0.3 is 9.84 Å². The Morgan fingerprint density at radius 3 is 2.26 bits per heavy atom. The van der Waals surface area contributed by atoms with E-state index in [1.807, 2.05) is 20.8 Å². The number of carbonyl (C=O) groups excluding carboxylic acids is 1. The minimum absolute atomic E-state index is 0.235. The van der Waals surface area contributed by atoms with Crippen LogP contribution in [0.1, 0.15) is 66.1 Å². The lowest BCUT2D eigenvalue weighted by molar-refractivity contribution is -0.117. The van der Waals surface area contributed by atoms with Crippen molar-refractivity contribution in [2.75, 3.05) is 5.32 Å². The van der Waals surface area contributed by atoms with Crippen LogP contribution in [0.5, 0.6) is 0 Å². The normalized spacial score (nSPS) is 17.4. The lowest BCUT2D eigenvalue weighted by Gasteiger charge is -2.26. The lowest BCUT2D eigenvalue weighted by atomic mass is 9.93. The molecule has 2 rings (SSSR count). The maximum Gasteiger partial charge on any atom is 0.246 e. The molecule has 1 aliphatic rings. The van der Waals surface area contributed by atoms with Crippen molar-refractivity contribution in [3.8, 4) is 0 Å². The van der Waals surface area contributed by atoms with Gasteiger partial charge in [-0.25, -0.2) is 8.42 Å². The van der Waals surface area contributed by atoms with Crippen LogP contribution in [0.25, 0.3) is 0 Å². The minimum atomic E-state index is -3.55.